The van der Waals surface area contributed by atoms with Crippen molar-refractivity contribution in [3.63, 3.8) is 0 Å². The summed E-state index contributed by atoms with van der Waals surface area (Å²) in [6.45, 7) is 1.76. The van der Waals surface area contributed by atoms with E-state index < -0.39 is 23.5 Å². The molecular formula is C25H17ClFN3O4S. The molecule has 1 saturated heterocycles. The molecule has 1 amide bonds. The molecule has 0 spiro atoms. The molecule has 35 heavy (non-hydrogen) atoms. The van der Waals surface area contributed by atoms with Gasteiger partial charge in [0.1, 0.15) is 23.4 Å². The van der Waals surface area contributed by atoms with E-state index >= 15 is 0 Å². The van der Waals surface area contributed by atoms with Gasteiger partial charge in [-0.1, -0.05) is 29.0 Å². The number of halogens is 2. The van der Waals surface area contributed by atoms with Crippen molar-refractivity contribution in [3.8, 4) is 5.75 Å². The van der Waals surface area contributed by atoms with Crippen molar-refractivity contribution >= 4 is 55.7 Å². The van der Waals surface area contributed by atoms with Gasteiger partial charge in [0.15, 0.2) is 5.13 Å². The van der Waals surface area contributed by atoms with Crippen molar-refractivity contribution in [1.82, 2.24) is 9.97 Å². The minimum atomic E-state index is -1.04. The lowest BCUT2D eigenvalue weighted by atomic mass is 9.96. The monoisotopic (exact) mass is 509 g/mol. The molecule has 1 aliphatic rings. The molecule has 1 unspecified atom stereocenters. The van der Waals surface area contributed by atoms with E-state index in [1.807, 2.05) is 0 Å². The molecule has 10 heteroatoms. The Balaban J connectivity index is 1.72. The lowest BCUT2D eigenvalue weighted by Gasteiger charge is -2.22. The Morgan fingerprint density at radius 2 is 2.00 bits per heavy atom. The summed E-state index contributed by atoms with van der Waals surface area (Å²) in [5, 5.41) is 11.3. The number of aryl methyl sites for hydroxylation is 1. The molecule has 1 atom stereocenters. The number of ether oxygens (including phenoxy) is 1. The van der Waals surface area contributed by atoms with Crippen LogP contribution < -0.4 is 9.64 Å². The molecular weight excluding hydrogens is 493 g/mol. The predicted octanol–water partition coefficient (Wildman–Crippen LogP) is 5.43. The van der Waals surface area contributed by atoms with Gasteiger partial charge < -0.3 is 9.84 Å². The maximum absolute atomic E-state index is 14.0. The van der Waals surface area contributed by atoms with E-state index in [2.05, 4.69) is 9.97 Å². The fourth-order valence-electron chi connectivity index (χ4n) is 4.04. The fraction of sp³-hybridized carbons (Fsp3) is 0.120. The Labute approximate surface area is 208 Å². The molecule has 0 aliphatic carbocycles. The number of aliphatic hydroxyl groups is 1. The Hall–Kier alpha value is -3.82. The summed E-state index contributed by atoms with van der Waals surface area (Å²) < 4.78 is 19.7. The first kappa shape index (κ1) is 22.9. The zero-order chi connectivity index (χ0) is 24.9. The summed E-state index contributed by atoms with van der Waals surface area (Å²) in [6, 6.07) is 11.6. The first-order chi connectivity index (χ1) is 16.8. The first-order valence-electron chi connectivity index (χ1n) is 10.4. The number of hydrogen-bond acceptors (Lipinski definition) is 7. The number of carbonyl (C=O) groups is 2. The third kappa shape index (κ3) is 3.82. The van der Waals surface area contributed by atoms with Crippen molar-refractivity contribution in [2.24, 2.45) is 0 Å². The number of pyridine rings is 1. The third-order valence-electron chi connectivity index (χ3n) is 5.73. The number of aromatic nitrogens is 2. The number of fused-ring (bicyclic) bond motifs is 1. The second-order valence-corrected chi connectivity index (χ2v) is 9.25. The molecule has 1 fully saturated rings. The minimum Gasteiger partial charge on any atom is -0.507 e. The zero-order valence-electron chi connectivity index (χ0n) is 18.5. The number of aliphatic hydroxyl groups excluding tert-OH is 1. The Kier molecular flexibility index (Phi) is 5.74. The van der Waals surface area contributed by atoms with Crippen LogP contribution in [0.15, 0.2) is 60.3 Å². The van der Waals surface area contributed by atoms with Crippen LogP contribution in [-0.2, 0) is 9.59 Å². The van der Waals surface area contributed by atoms with Gasteiger partial charge in [-0.25, -0.2) is 9.37 Å². The number of amides is 1. The summed E-state index contributed by atoms with van der Waals surface area (Å²) in [4.78, 5) is 36.5. The van der Waals surface area contributed by atoms with E-state index in [0.717, 1.165) is 11.3 Å². The number of hydrogen-bond donors (Lipinski definition) is 1. The molecule has 0 saturated carbocycles. The van der Waals surface area contributed by atoms with Crippen molar-refractivity contribution in [3.05, 3.63) is 88.0 Å². The quantitative estimate of drug-likeness (QED) is 0.224. The van der Waals surface area contributed by atoms with Gasteiger partial charge in [-0.05, 0) is 55.0 Å². The summed E-state index contributed by atoms with van der Waals surface area (Å²) in [5.74, 6) is -2.12. The van der Waals surface area contributed by atoms with Crippen LogP contribution in [0.25, 0.3) is 16.0 Å². The van der Waals surface area contributed by atoms with Crippen LogP contribution in [0.1, 0.15) is 22.9 Å². The first-order valence-corrected chi connectivity index (χ1v) is 11.6. The average molecular weight is 510 g/mol. The molecule has 1 aliphatic heterocycles. The highest BCUT2D eigenvalue weighted by atomic mass is 35.5. The molecule has 2 aromatic carbocycles. The number of methoxy groups -OCH3 is 1. The number of Topliss-reactive ketones (excluding diaryl/α,β-unsaturated/α-hetero) is 1. The van der Waals surface area contributed by atoms with Crippen molar-refractivity contribution in [1.29, 1.82) is 0 Å². The largest absolute Gasteiger partial charge is 0.507 e. The maximum atomic E-state index is 14.0. The lowest BCUT2D eigenvalue weighted by Crippen LogP contribution is -2.29. The molecule has 0 radical (unpaired) electrons. The average Bonchev–Trinajstić information content (AvgIpc) is 3.36. The van der Waals surface area contributed by atoms with E-state index in [1.165, 1.54) is 30.3 Å². The number of anilines is 1. The van der Waals surface area contributed by atoms with Gasteiger partial charge in [0.25, 0.3) is 5.78 Å². The molecule has 1 N–H and O–H groups in total. The van der Waals surface area contributed by atoms with Gasteiger partial charge in [-0.15, -0.1) is 0 Å². The smallest absolute Gasteiger partial charge is 0.301 e. The topological polar surface area (TPSA) is 92.6 Å². The Bertz CT molecular complexity index is 1500. The maximum Gasteiger partial charge on any atom is 0.301 e. The molecule has 7 nitrogen and oxygen atoms in total. The van der Waals surface area contributed by atoms with E-state index in [9.17, 15) is 19.1 Å². The summed E-state index contributed by atoms with van der Waals surface area (Å²) >= 11 is 6.93. The van der Waals surface area contributed by atoms with Crippen molar-refractivity contribution in [2.45, 2.75) is 13.0 Å². The van der Waals surface area contributed by atoms with Crippen LogP contribution >= 0.6 is 22.9 Å². The lowest BCUT2D eigenvalue weighted by molar-refractivity contribution is -0.132. The Morgan fingerprint density at radius 1 is 1.20 bits per heavy atom. The number of thiazole rings is 1. The highest BCUT2D eigenvalue weighted by Crippen LogP contribution is 2.44. The highest BCUT2D eigenvalue weighted by molar-refractivity contribution is 7.22. The second-order valence-electron chi connectivity index (χ2n) is 7.84. The number of carbonyl (C=O) groups excluding carboxylic acids is 2. The van der Waals surface area contributed by atoms with Gasteiger partial charge in [0.2, 0.25) is 0 Å². The van der Waals surface area contributed by atoms with Crippen LogP contribution in [-0.4, -0.2) is 33.9 Å². The molecule has 5 rings (SSSR count). The van der Waals surface area contributed by atoms with Crippen LogP contribution in [0.3, 0.4) is 0 Å². The molecule has 0 bridgehead atoms. The summed E-state index contributed by atoms with van der Waals surface area (Å²) in [6.07, 6.45) is 1.53. The van der Waals surface area contributed by atoms with Gasteiger partial charge in [-0.3, -0.25) is 19.5 Å². The molecule has 2 aromatic heterocycles. The number of rotatable bonds is 4. The SMILES string of the molecule is COc1ccc(/C(O)=C2\C(=O)C(=O)N(c3nc4cc(Cl)c(F)cc4s3)C2c2ccccn2)c(C)c1. The third-order valence-corrected chi connectivity index (χ3v) is 7.03. The molecule has 4 aromatic rings. The molecule has 3 heterocycles. The van der Waals surface area contributed by atoms with E-state index in [0.29, 0.717) is 32.8 Å². The van der Waals surface area contributed by atoms with E-state index in [-0.39, 0.29) is 21.5 Å². The van der Waals surface area contributed by atoms with Gasteiger partial charge >= 0.3 is 5.91 Å². The van der Waals surface area contributed by atoms with Crippen LogP contribution in [0, 0.1) is 12.7 Å². The zero-order valence-corrected chi connectivity index (χ0v) is 20.0. The highest BCUT2D eigenvalue weighted by Gasteiger charge is 2.49. The summed E-state index contributed by atoms with van der Waals surface area (Å²) in [5.41, 5.74) is 1.65. The molecule has 176 valence electrons. The van der Waals surface area contributed by atoms with Gasteiger partial charge in [-0.2, -0.15) is 0 Å². The minimum absolute atomic E-state index is 0.104. The predicted molar refractivity (Wildman–Crippen MR) is 131 cm³/mol. The standard InChI is InChI=1S/C25H17ClFN3O4S/c1-12-9-13(34-2)6-7-14(12)22(31)20-21(17-5-3-4-8-28-17)30(24(33)23(20)32)25-29-18-10-15(26)16(27)11-19(18)35-25/h3-11,21,31H,1-2H3/b22-20+. The Morgan fingerprint density at radius 3 is 2.69 bits per heavy atom. The fourth-order valence-corrected chi connectivity index (χ4v) is 5.19. The van der Waals surface area contributed by atoms with E-state index in [1.54, 1.807) is 43.3 Å². The van der Waals surface area contributed by atoms with Crippen LogP contribution in [0.4, 0.5) is 9.52 Å². The summed E-state index contributed by atoms with van der Waals surface area (Å²) in [7, 11) is 1.53. The van der Waals surface area contributed by atoms with Crippen LogP contribution in [0.5, 0.6) is 5.75 Å². The number of nitrogens with zero attached hydrogens (tertiary/aromatic N) is 3. The number of benzene rings is 2. The number of ketones is 1. The van der Waals surface area contributed by atoms with Gasteiger partial charge in [0.05, 0.1) is 33.6 Å². The van der Waals surface area contributed by atoms with Crippen molar-refractivity contribution < 1.29 is 23.8 Å². The van der Waals surface area contributed by atoms with Gasteiger partial charge in [0, 0.05) is 11.8 Å². The van der Waals surface area contributed by atoms with Crippen LogP contribution in [0.2, 0.25) is 5.02 Å². The van der Waals surface area contributed by atoms with Crippen molar-refractivity contribution in [2.75, 3.05) is 12.0 Å². The normalized spacial score (nSPS) is 17.4. The second kappa shape index (κ2) is 8.75. The van der Waals surface area contributed by atoms with E-state index in [4.69, 9.17) is 16.3 Å².